The summed E-state index contributed by atoms with van der Waals surface area (Å²) in [4.78, 5) is 31.1. The molecule has 1 saturated carbocycles. The number of aryl methyl sites for hydroxylation is 1. The first-order chi connectivity index (χ1) is 12.6. The highest BCUT2D eigenvalue weighted by molar-refractivity contribution is 7.99. The molecule has 1 aliphatic carbocycles. The fraction of sp³-hybridized carbons (Fsp3) is 0.632. The first-order valence-electron chi connectivity index (χ1n) is 9.53. The van der Waals surface area contributed by atoms with Crippen LogP contribution in [0.25, 0.3) is 11.0 Å². The molecule has 2 N–H and O–H groups in total. The highest BCUT2D eigenvalue weighted by Crippen LogP contribution is 2.29. The number of thioether (sulfide) groups is 1. The van der Waals surface area contributed by atoms with Gasteiger partial charge < -0.3 is 5.73 Å². The van der Waals surface area contributed by atoms with Crippen molar-refractivity contribution in [1.82, 2.24) is 14.1 Å². The van der Waals surface area contributed by atoms with Crippen LogP contribution in [0.1, 0.15) is 56.2 Å². The largest absolute Gasteiger partial charge is 0.333 e. The zero-order valence-electron chi connectivity index (χ0n) is 15.2. The molecule has 0 aromatic carbocycles. The van der Waals surface area contributed by atoms with Crippen molar-refractivity contribution in [1.29, 1.82) is 0 Å². The van der Waals surface area contributed by atoms with Gasteiger partial charge in [0.05, 0.1) is 5.39 Å². The van der Waals surface area contributed by atoms with E-state index >= 15 is 0 Å². The van der Waals surface area contributed by atoms with Crippen LogP contribution in [0, 0.1) is 6.92 Å². The van der Waals surface area contributed by atoms with Crippen LogP contribution in [0.4, 0.5) is 0 Å². The maximum atomic E-state index is 13.4. The van der Waals surface area contributed by atoms with Gasteiger partial charge in [-0.3, -0.25) is 13.9 Å². The smallest absolute Gasteiger partial charge is 0.328 e. The van der Waals surface area contributed by atoms with Gasteiger partial charge in [-0.2, -0.15) is 11.8 Å². The lowest BCUT2D eigenvalue weighted by Gasteiger charge is -2.30. The van der Waals surface area contributed by atoms with Crippen molar-refractivity contribution in [3.63, 3.8) is 0 Å². The van der Waals surface area contributed by atoms with Crippen LogP contribution in [0.15, 0.2) is 21.9 Å². The minimum absolute atomic E-state index is 0.0519. The molecule has 4 rings (SSSR count). The van der Waals surface area contributed by atoms with E-state index in [9.17, 15) is 9.59 Å². The van der Waals surface area contributed by atoms with Crippen LogP contribution >= 0.6 is 11.8 Å². The lowest BCUT2D eigenvalue weighted by molar-refractivity contribution is 0.301. The number of hydrogen-bond donors (Lipinski definition) is 1. The first-order valence-corrected chi connectivity index (χ1v) is 10.7. The SMILES string of the molecule is Cc1cnc2c(c1)c(=O)n(C1CCC(N)CC1)c(=O)n2C1CCSCC1. The summed E-state index contributed by atoms with van der Waals surface area (Å²) in [6.45, 7) is 1.93. The Balaban J connectivity index is 1.93. The van der Waals surface area contributed by atoms with Gasteiger partial charge in [-0.25, -0.2) is 9.78 Å². The van der Waals surface area contributed by atoms with Gasteiger partial charge >= 0.3 is 5.69 Å². The molecule has 0 spiro atoms. The van der Waals surface area contributed by atoms with Crippen LogP contribution in [0.5, 0.6) is 0 Å². The maximum Gasteiger partial charge on any atom is 0.333 e. The molecule has 0 radical (unpaired) electrons. The molecule has 6 nitrogen and oxygen atoms in total. The van der Waals surface area contributed by atoms with Crippen molar-refractivity contribution >= 4 is 22.8 Å². The minimum atomic E-state index is -0.192. The Labute approximate surface area is 156 Å². The van der Waals surface area contributed by atoms with Crippen molar-refractivity contribution in [3.8, 4) is 0 Å². The Hall–Kier alpha value is -1.60. The van der Waals surface area contributed by atoms with Gasteiger partial charge in [-0.1, -0.05) is 0 Å². The van der Waals surface area contributed by atoms with Gasteiger partial charge in [-0.05, 0) is 68.6 Å². The normalized spacial score (nSPS) is 24.8. The summed E-state index contributed by atoms with van der Waals surface area (Å²) < 4.78 is 3.32. The van der Waals surface area contributed by atoms with Crippen LogP contribution in [-0.2, 0) is 0 Å². The zero-order chi connectivity index (χ0) is 18.3. The topological polar surface area (TPSA) is 82.9 Å². The molecule has 2 fully saturated rings. The number of aromatic nitrogens is 3. The van der Waals surface area contributed by atoms with E-state index in [-0.39, 0.29) is 29.4 Å². The summed E-state index contributed by atoms with van der Waals surface area (Å²) in [7, 11) is 0. The molecule has 2 aromatic heterocycles. The summed E-state index contributed by atoms with van der Waals surface area (Å²) in [5, 5.41) is 0.567. The van der Waals surface area contributed by atoms with Crippen LogP contribution < -0.4 is 17.0 Å². The van der Waals surface area contributed by atoms with Crippen molar-refractivity contribution in [2.45, 2.75) is 63.6 Å². The molecule has 26 heavy (non-hydrogen) atoms. The van der Waals surface area contributed by atoms with E-state index in [1.54, 1.807) is 6.20 Å². The van der Waals surface area contributed by atoms with Gasteiger partial charge in [-0.15, -0.1) is 0 Å². The minimum Gasteiger partial charge on any atom is -0.328 e. The van der Waals surface area contributed by atoms with Crippen molar-refractivity contribution in [2.75, 3.05) is 11.5 Å². The molecular weight excluding hydrogens is 348 g/mol. The van der Waals surface area contributed by atoms with E-state index in [0.29, 0.717) is 11.0 Å². The molecule has 7 heteroatoms. The Morgan fingerprint density at radius 2 is 1.69 bits per heavy atom. The Bertz CT molecular complexity index is 922. The summed E-state index contributed by atoms with van der Waals surface area (Å²) >= 11 is 1.92. The van der Waals surface area contributed by atoms with Crippen molar-refractivity contribution < 1.29 is 0 Å². The number of nitrogens with two attached hydrogens (primary N) is 1. The third-order valence-electron chi connectivity index (χ3n) is 5.76. The lowest BCUT2D eigenvalue weighted by atomic mass is 9.91. The predicted octanol–water partition coefficient (Wildman–Crippen LogP) is 2.38. The molecule has 0 atom stereocenters. The number of nitrogens with zero attached hydrogens (tertiary/aromatic N) is 3. The van der Waals surface area contributed by atoms with Crippen molar-refractivity contribution in [3.05, 3.63) is 38.7 Å². The number of fused-ring (bicyclic) bond motifs is 1. The maximum absolute atomic E-state index is 13.4. The third-order valence-corrected chi connectivity index (χ3v) is 6.80. The third kappa shape index (κ3) is 3.11. The van der Waals surface area contributed by atoms with Crippen LogP contribution in [0.3, 0.4) is 0 Å². The highest BCUT2D eigenvalue weighted by Gasteiger charge is 2.28. The standard InChI is InChI=1S/C19H26N4O2S/c1-12-10-16-17(21-11-12)22(15-6-8-26-9-7-15)19(25)23(18(16)24)14-4-2-13(20)3-5-14/h10-11,13-15H,2-9,20H2,1H3. The molecule has 2 aromatic rings. The van der Waals surface area contributed by atoms with Gasteiger partial charge in [0.25, 0.3) is 5.56 Å². The molecule has 0 unspecified atom stereocenters. The number of hydrogen-bond acceptors (Lipinski definition) is 5. The quantitative estimate of drug-likeness (QED) is 0.873. The summed E-state index contributed by atoms with van der Waals surface area (Å²) in [6, 6.07) is 2.13. The molecular formula is C19H26N4O2S. The predicted molar refractivity (Wildman–Crippen MR) is 106 cm³/mol. The average molecular weight is 375 g/mol. The second-order valence-electron chi connectivity index (χ2n) is 7.62. The highest BCUT2D eigenvalue weighted by atomic mass is 32.2. The van der Waals surface area contributed by atoms with E-state index in [4.69, 9.17) is 5.73 Å². The Morgan fingerprint density at radius 1 is 1.04 bits per heavy atom. The molecule has 140 valence electrons. The van der Waals surface area contributed by atoms with E-state index in [2.05, 4.69) is 4.98 Å². The Kier molecular flexibility index (Phi) is 4.92. The second-order valence-corrected chi connectivity index (χ2v) is 8.85. The van der Waals surface area contributed by atoms with Crippen LogP contribution in [0.2, 0.25) is 0 Å². The average Bonchev–Trinajstić information content (AvgIpc) is 2.65. The molecule has 0 bridgehead atoms. The molecule has 1 aliphatic heterocycles. The van der Waals surface area contributed by atoms with E-state index in [1.165, 1.54) is 4.57 Å². The fourth-order valence-corrected chi connectivity index (χ4v) is 5.37. The van der Waals surface area contributed by atoms with E-state index in [0.717, 1.165) is 55.6 Å². The second kappa shape index (κ2) is 7.19. The van der Waals surface area contributed by atoms with Gasteiger partial charge in [0.15, 0.2) is 0 Å². The van der Waals surface area contributed by atoms with Crippen molar-refractivity contribution in [2.24, 2.45) is 5.73 Å². The number of rotatable bonds is 2. The van der Waals surface area contributed by atoms with Gasteiger partial charge in [0, 0.05) is 24.3 Å². The molecule has 3 heterocycles. The summed E-state index contributed by atoms with van der Waals surface area (Å²) in [6.07, 6.45) is 6.95. The van der Waals surface area contributed by atoms with E-state index in [1.807, 2.05) is 29.3 Å². The fourth-order valence-electron chi connectivity index (χ4n) is 4.29. The van der Waals surface area contributed by atoms with E-state index < -0.39 is 0 Å². The summed E-state index contributed by atoms with van der Waals surface area (Å²) in [5.74, 6) is 2.09. The Morgan fingerprint density at radius 3 is 2.38 bits per heavy atom. The molecule has 2 aliphatic rings. The first kappa shape index (κ1) is 17.8. The monoisotopic (exact) mass is 374 g/mol. The van der Waals surface area contributed by atoms with Gasteiger partial charge in [0.2, 0.25) is 0 Å². The lowest BCUT2D eigenvalue weighted by Crippen LogP contribution is -2.45. The zero-order valence-corrected chi connectivity index (χ0v) is 16.0. The number of pyridine rings is 1. The summed E-state index contributed by atoms with van der Waals surface area (Å²) in [5.41, 5.74) is 7.14. The molecule has 0 amide bonds. The van der Waals surface area contributed by atoms with Gasteiger partial charge in [0.1, 0.15) is 5.65 Å². The molecule has 1 saturated heterocycles. The van der Waals surface area contributed by atoms with Crippen LogP contribution in [-0.4, -0.2) is 31.7 Å².